The largest absolute Gasteiger partial charge is 0.486 e. The zero-order chi connectivity index (χ0) is 11.8. The van der Waals surface area contributed by atoms with Gasteiger partial charge in [-0.3, -0.25) is 0 Å². The summed E-state index contributed by atoms with van der Waals surface area (Å²) >= 11 is 0. The first-order chi connectivity index (χ1) is 7.81. The Morgan fingerprint density at radius 2 is 1.94 bits per heavy atom. The molecule has 1 aromatic rings. The van der Waals surface area contributed by atoms with E-state index in [2.05, 4.69) is 19.9 Å². The quantitative estimate of drug-likeness (QED) is 0.770. The van der Waals surface area contributed by atoms with Gasteiger partial charge in [-0.15, -0.1) is 0 Å². The van der Waals surface area contributed by atoms with Crippen molar-refractivity contribution in [1.82, 2.24) is 0 Å². The normalized spacial score (nSPS) is 10.1. The fourth-order valence-corrected chi connectivity index (χ4v) is 1.59. The van der Waals surface area contributed by atoms with E-state index in [0.717, 1.165) is 19.6 Å². The summed E-state index contributed by atoms with van der Waals surface area (Å²) in [6.07, 6.45) is 0. The summed E-state index contributed by atoms with van der Waals surface area (Å²) in [6.45, 7) is 8.20. The molecule has 0 heterocycles. The monoisotopic (exact) mass is 219 g/mol. The summed E-state index contributed by atoms with van der Waals surface area (Å²) in [4.78, 5) is 1.51. The molecule has 86 valence electrons. The molecule has 0 aliphatic heterocycles. The average Bonchev–Trinajstić information content (AvgIpc) is 2.35. The van der Waals surface area contributed by atoms with E-state index in [1.807, 2.05) is 18.2 Å². The molecule has 0 saturated carbocycles. The molecule has 0 aliphatic rings. The van der Waals surface area contributed by atoms with Gasteiger partial charge >= 0.3 is 0 Å². The second kappa shape index (κ2) is 6.86. The van der Waals surface area contributed by atoms with E-state index in [1.54, 1.807) is 6.07 Å². The summed E-state index contributed by atoms with van der Waals surface area (Å²) in [5.74, 6) is 0.691. The molecule has 0 bridgehead atoms. The fourth-order valence-electron chi connectivity index (χ4n) is 1.59. The number of rotatable bonds is 6. The van der Waals surface area contributed by atoms with Gasteiger partial charge in [0.15, 0.2) is 0 Å². The van der Waals surface area contributed by atoms with Crippen molar-refractivity contribution in [3.8, 4) is 11.8 Å². The van der Waals surface area contributed by atoms with Crippen molar-refractivity contribution in [2.24, 2.45) is 0 Å². The molecule has 1 N–H and O–H groups in total. The van der Waals surface area contributed by atoms with Crippen LogP contribution in [0.4, 0.5) is 0 Å². The number of hydrogen-bond acceptors (Lipinski definition) is 2. The van der Waals surface area contributed by atoms with E-state index in [-0.39, 0.29) is 0 Å². The van der Waals surface area contributed by atoms with Gasteiger partial charge in [-0.25, -0.2) is 0 Å². The molecular weight excluding hydrogens is 200 g/mol. The molecule has 0 amide bonds. The zero-order valence-electron chi connectivity index (χ0n) is 9.99. The summed E-state index contributed by atoms with van der Waals surface area (Å²) in [5, 5.41) is 8.88. The van der Waals surface area contributed by atoms with Crippen LogP contribution in [0.15, 0.2) is 24.3 Å². The SMILES string of the molecule is CC[NH+](CC)CCOc1ccccc1C#N. The molecule has 3 nitrogen and oxygen atoms in total. The van der Waals surface area contributed by atoms with Crippen LogP contribution in [0, 0.1) is 11.3 Å². The molecule has 0 saturated heterocycles. The first kappa shape index (κ1) is 12.5. The van der Waals surface area contributed by atoms with Crippen molar-refractivity contribution in [2.45, 2.75) is 13.8 Å². The number of hydrogen-bond donors (Lipinski definition) is 1. The average molecular weight is 219 g/mol. The van der Waals surface area contributed by atoms with Gasteiger partial charge in [0.2, 0.25) is 0 Å². The second-order valence-electron chi connectivity index (χ2n) is 3.66. The summed E-state index contributed by atoms with van der Waals surface area (Å²) < 4.78 is 5.62. The number of nitrogens with one attached hydrogen (secondary N) is 1. The maximum atomic E-state index is 8.88. The maximum absolute atomic E-state index is 8.88. The standard InChI is InChI=1S/C13H18N2O/c1-3-15(4-2)9-10-16-13-8-6-5-7-12(13)11-14/h5-8H,3-4,9-10H2,1-2H3/p+1. The van der Waals surface area contributed by atoms with Crippen molar-refractivity contribution in [3.05, 3.63) is 29.8 Å². The Bertz CT molecular complexity index is 353. The van der Waals surface area contributed by atoms with E-state index < -0.39 is 0 Å². The van der Waals surface area contributed by atoms with Crippen LogP contribution in [-0.2, 0) is 0 Å². The van der Waals surface area contributed by atoms with E-state index in [1.165, 1.54) is 4.90 Å². The highest BCUT2D eigenvalue weighted by molar-refractivity contribution is 5.42. The number of ether oxygens (including phenoxy) is 1. The molecule has 0 unspecified atom stereocenters. The number of para-hydroxylation sites is 1. The number of nitriles is 1. The highest BCUT2D eigenvalue weighted by Crippen LogP contribution is 2.15. The Morgan fingerprint density at radius 3 is 2.56 bits per heavy atom. The van der Waals surface area contributed by atoms with E-state index in [9.17, 15) is 0 Å². The third-order valence-electron chi connectivity index (χ3n) is 2.72. The molecule has 0 atom stereocenters. The molecular formula is C13H19N2O+. The minimum atomic E-state index is 0.608. The number of quaternary nitrogens is 1. The highest BCUT2D eigenvalue weighted by atomic mass is 16.5. The van der Waals surface area contributed by atoms with Gasteiger partial charge in [-0.2, -0.15) is 5.26 Å². The van der Waals surface area contributed by atoms with Crippen molar-refractivity contribution < 1.29 is 9.64 Å². The van der Waals surface area contributed by atoms with Crippen molar-refractivity contribution in [1.29, 1.82) is 5.26 Å². The minimum absolute atomic E-state index is 0.608. The lowest BCUT2D eigenvalue weighted by atomic mass is 10.2. The molecule has 1 rings (SSSR count). The van der Waals surface area contributed by atoms with E-state index in [0.29, 0.717) is 17.9 Å². The molecule has 0 radical (unpaired) electrons. The Labute approximate surface area is 97.3 Å². The number of benzene rings is 1. The van der Waals surface area contributed by atoms with Crippen LogP contribution in [0.5, 0.6) is 5.75 Å². The predicted molar refractivity (Wildman–Crippen MR) is 63.6 cm³/mol. The molecule has 16 heavy (non-hydrogen) atoms. The van der Waals surface area contributed by atoms with Gasteiger partial charge in [-0.05, 0) is 26.0 Å². The lowest BCUT2D eigenvalue weighted by molar-refractivity contribution is -0.896. The molecule has 1 aromatic carbocycles. The van der Waals surface area contributed by atoms with Crippen LogP contribution in [0.3, 0.4) is 0 Å². The smallest absolute Gasteiger partial charge is 0.137 e. The van der Waals surface area contributed by atoms with Crippen molar-refractivity contribution in [2.75, 3.05) is 26.2 Å². The first-order valence-corrected chi connectivity index (χ1v) is 5.77. The second-order valence-corrected chi connectivity index (χ2v) is 3.66. The Hall–Kier alpha value is -1.53. The third kappa shape index (κ3) is 3.56. The van der Waals surface area contributed by atoms with Gasteiger partial charge in [0, 0.05) is 0 Å². The molecule has 0 aliphatic carbocycles. The Kier molecular flexibility index (Phi) is 5.38. The summed E-state index contributed by atoms with van der Waals surface area (Å²) in [7, 11) is 0. The minimum Gasteiger partial charge on any atom is -0.486 e. The van der Waals surface area contributed by atoms with Crippen molar-refractivity contribution >= 4 is 0 Å². The van der Waals surface area contributed by atoms with Gasteiger partial charge in [-0.1, -0.05) is 12.1 Å². The molecule has 0 spiro atoms. The topological polar surface area (TPSA) is 37.5 Å². The van der Waals surface area contributed by atoms with Crippen LogP contribution < -0.4 is 9.64 Å². The number of nitrogens with zero attached hydrogens (tertiary/aromatic N) is 1. The van der Waals surface area contributed by atoms with E-state index >= 15 is 0 Å². The predicted octanol–water partition coefficient (Wildman–Crippen LogP) is 0.862. The molecule has 3 heteroatoms. The summed E-state index contributed by atoms with van der Waals surface area (Å²) in [5.41, 5.74) is 0.608. The van der Waals surface area contributed by atoms with Crippen LogP contribution in [-0.4, -0.2) is 26.2 Å². The van der Waals surface area contributed by atoms with Gasteiger partial charge in [0.1, 0.15) is 25.0 Å². The van der Waals surface area contributed by atoms with Crippen LogP contribution in [0.25, 0.3) is 0 Å². The van der Waals surface area contributed by atoms with Crippen LogP contribution >= 0.6 is 0 Å². The first-order valence-electron chi connectivity index (χ1n) is 5.77. The van der Waals surface area contributed by atoms with Crippen LogP contribution in [0.2, 0.25) is 0 Å². The Morgan fingerprint density at radius 1 is 1.25 bits per heavy atom. The fraction of sp³-hybridized carbons (Fsp3) is 0.462. The molecule has 0 aromatic heterocycles. The van der Waals surface area contributed by atoms with Crippen LogP contribution in [0.1, 0.15) is 19.4 Å². The zero-order valence-corrected chi connectivity index (χ0v) is 9.99. The highest BCUT2D eigenvalue weighted by Gasteiger charge is 2.05. The lowest BCUT2D eigenvalue weighted by Crippen LogP contribution is -3.12. The van der Waals surface area contributed by atoms with Crippen molar-refractivity contribution in [3.63, 3.8) is 0 Å². The van der Waals surface area contributed by atoms with Gasteiger partial charge in [0.05, 0.1) is 18.7 Å². The van der Waals surface area contributed by atoms with E-state index in [4.69, 9.17) is 10.00 Å². The van der Waals surface area contributed by atoms with Gasteiger partial charge < -0.3 is 9.64 Å². The maximum Gasteiger partial charge on any atom is 0.137 e. The molecule has 0 fully saturated rings. The number of likely N-dealkylation sites (N-methyl/N-ethyl adjacent to an activating group) is 1. The Balaban J connectivity index is 2.46. The third-order valence-corrected chi connectivity index (χ3v) is 2.72. The lowest BCUT2D eigenvalue weighted by Gasteiger charge is -2.15. The van der Waals surface area contributed by atoms with Gasteiger partial charge in [0.25, 0.3) is 0 Å². The summed E-state index contributed by atoms with van der Waals surface area (Å²) in [6, 6.07) is 9.49.